The summed E-state index contributed by atoms with van der Waals surface area (Å²) in [6.45, 7) is 1.98. The van der Waals surface area contributed by atoms with E-state index in [1.165, 1.54) is 0 Å². The lowest BCUT2D eigenvalue weighted by atomic mass is 10.1. The number of hydrogen-bond donors (Lipinski definition) is 2. The number of anilines is 2. The predicted molar refractivity (Wildman–Crippen MR) is 82.7 cm³/mol. The molecule has 5 heteroatoms. The molecule has 2 rings (SSSR count). The smallest absolute Gasteiger partial charge is 0.257 e. The molecule has 2 aromatic carbocycles. The van der Waals surface area contributed by atoms with Crippen LogP contribution in [0.2, 0.25) is 5.02 Å². The average molecular weight is 340 g/mol. The van der Waals surface area contributed by atoms with Crippen molar-refractivity contribution < 1.29 is 4.79 Å². The van der Waals surface area contributed by atoms with E-state index in [1.54, 1.807) is 18.2 Å². The van der Waals surface area contributed by atoms with Crippen LogP contribution in [-0.2, 0) is 0 Å². The standard InChI is InChI=1S/C14H12BrClN2O/c1-8-2-4-10(7-12(8)15)18-14(19)11-6-9(16)3-5-13(11)17/h2-7H,17H2,1H3,(H,18,19). The van der Waals surface area contributed by atoms with Gasteiger partial charge in [-0.25, -0.2) is 0 Å². The summed E-state index contributed by atoms with van der Waals surface area (Å²) in [7, 11) is 0. The molecule has 0 radical (unpaired) electrons. The van der Waals surface area contributed by atoms with Crippen LogP contribution in [0.1, 0.15) is 15.9 Å². The predicted octanol–water partition coefficient (Wildman–Crippen LogP) is 4.25. The van der Waals surface area contributed by atoms with E-state index in [9.17, 15) is 4.79 Å². The number of benzene rings is 2. The lowest BCUT2D eigenvalue weighted by Gasteiger charge is -2.09. The van der Waals surface area contributed by atoms with E-state index < -0.39 is 0 Å². The minimum absolute atomic E-state index is 0.282. The topological polar surface area (TPSA) is 55.1 Å². The van der Waals surface area contributed by atoms with Crippen LogP contribution >= 0.6 is 27.5 Å². The monoisotopic (exact) mass is 338 g/mol. The van der Waals surface area contributed by atoms with Gasteiger partial charge in [0.25, 0.3) is 5.91 Å². The van der Waals surface area contributed by atoms with Crippen LogP contribution in [0.4, 0.5) is 11.4 Å². The number of aryl methyl sites for hydroxylation is 1. The number of carbonyl (C=O) groups excluding carboxylic acids is 1. The largest absolute Gasteiger partial charge is 0.398 e. The number of hydrogen-bond acceptors (Lipinski definition) is 2. The summed E-state index contributed by atoms with van der Waals surface area (Å²) in [6.07, 6.45) is 0. The lowest BCUT2D eigenvalue weighted by Crippen LogP contribution is -2.14. The van der Waals surface area contributed by atoms with E-state index in [0.717, 1.165) is 10.0 Å². The quantitative estimate of drug-likeness (QED) is 0.804. The van der Waals surface area contributed by atoms with Crippen LogP contribution in [0.15, 0.2) is 40.9 Å². The maximum atomic E-state index is 12.1. The number of carbonyl (C=O) groups is 1. The molecule has 0 spiro atoms. The molecule has 0 heterocycles. The van der Waals surface area contributed by atoms with Gasteiger partial charge in [-0.3, -0.25) is 4.79 Å². The van der Waals surface area contributed by atoms with Crippen LogP contribution in [-0.4, -0.2) is 5.91 Å². The Morgan fingerprint density at radius 1 is 1.26 bits per heavy atom. The average Bonchev–Trinajstić information content (AvgIpc) is 2.36. The second-order valence-corrected chi connectivity index (χ2v) is 5.44. The summed E-state index contributed by atoms with van der Waals surface area (Å²) in [4.78, 5) is 12.1. The summed E-state index contributed by atoms with van der Waals surface area (Å²) in [6, 6.07) is 10.4. The fraction of sp³-hybridized carbons (Fsp3) is 0.0714. The van der Waals surface area contributed by atoms with Crippen molar-refractivity contribution in [1.29, 1.82) is 0 Å². The van der Waals surface area contributed by atoms with Gasteiger partial charge in [0.15, 0.2) is 0 Å². The van der Waals surface area contributed by atoms with Gasteiger partial charge in [-0.15, -0.1) is 0 Å². The molecule has 0 aromatic heterocycles. The summed E-state index contributed by atoms with van der Waals surface area (Å²) in [5.74, 6) is -0.282. The Kier molecular flexibility index (Phi) is 4.12. The molecule has 0 aliphatic carbocycles. The number of halogens is 2. The van der Waals surface area contributed by atoms with Gasteiger partial charge in [-0.1, -0.05) is 33.6 Å². The molecule has 1 amide bonds. The van der Waals surface area contributed by atoms with Crippen LogP contribution < -0.4 is 11.1 Å². The number of nitrogens with two attached hydrogens (primary N) is 1. The molecule has 0 atom stereocenters. The molecular weight excluding hydrogens is 328 g/mol. The van der Waals surface area contributed by atoms with Crippen molar-refractivity contribution in [2.75, 3.05) is 11.1 Å². The van der Waals surface area contributed by atoms with Gasteiger partial charge in [-0.2, -0.15) is 0 Å². The van der Waals surface area contributed by atoms with Crippen LogP contribution in [0, 0.1) is 6.92 Å². The Bertz CT molecular complexity index is 643. The third kappa shape index (κ3) is 3.28. The van der Waals surface area contributed by atoms with Crippen molar-refractivity contribution in [1.82, 2.24) is 0 Å². The van der Waals surface area contributed by atoms with E-state index in [-0.39, 0.29) is 5.91 Å². The van der Waals surface area contributed by atoms with Crippen molar-refractivity contribution in [3.63, 3.8) is 0 Å². The van der Waals surface area contributed by atoms with E-state index in [4.69, 9.17) is 17.3 Å². The van der Waals surface area contributed by atoms with E-state index in [0.29, 0.717) is 22.0 Å². The lowest BCUT2D eigenvalue weighted by molar-refractivity contribution is 0.102. The first-order chi connectivity index (χ1) is 8.97. The Labute approximate surface area is 124 Å². The molecule has 0 saturated carbocycles. The molecule has 2 aromatic rings. The SMILES string of the molecule is Cc1ccc(NC(=O)c2cc(Cl)ccc2N)cc1Br. The maximum Gasteiger partial charge on any atom is 0.257 e. The van der Waals surface area contributed by atoms with Crippen molar-refractivity contribution in [2.24, 2.45) is 0 Å². The molecule has 19 heavy (non-hydrogen) atoms. The van der Waals surface area contributed by atoms with Gasteiger partial charge < -0.3 is 11.1 Å². The molecule has 0 bridgehead atoms. The fourth-order valence-corrected chi connectivity index (χ4v) is 2.15. The van der Waals surface area contributed by atoms with Gasteiger partial charge in [0, 0.05) is 20.9 Å². The molecule has 0 unspecified atom stereocenters. The van der Waals surface area contributed by atoms with Crippen LogP contribution in [0.25, 0.3) is 0 Å². The first-order valence-corrected chi connectivity index (χ1v) is 6.77. The van der Waals surface area contributed by atoms with Gasteiger partial charge in [0.1, 0.15) is 0 Å². The number of nitrogen functional groups attached to an aromatic ring is 1. The number of nitrogens with one attached hydrogen (secondary N) is 1. The highest BCUT2D eigenvalue weighted by atomic mass is 79.9. The van der Waals surface area contributed by atoms with Crippen molar-refractivity contribution in [3.8, 4) is 0 Å². The molecule has 98 valence electrons. The zero-order chi connectivity index (χ0) is 14.0. The number of amides is 1. The van der Waals surface area contributed by atoms with Crippen molar-refractivity contribution in [3.05, 3.63) is 57.0 Å². The summed E-state index contributed by atoms with van der Waals surface area (Å²) >= 11 is 9.29. The summed E-state index contributed by atoms with van der Waals surface area (Å²) < 4.78 is 0.935. The third-order valence-corrected chi connectivity index (χ3v) is 3.78. The molecule has 0 saturated heterocycles. The highest BCUT2D eigenvalue weighted by Gasteiger charge is 2.11. The Morgan fingerprint density at radius 2 is 2.00 bits per heavy atom. The zero-order valence-electron chi connectivity index (χ0n) is 10.2. The fourth-order valence-electron chi connectivity index (χ4n) is 1.59. The second kappa shape index (κ2) is 5.63. The highest BCUT2D eigenvalue weighted by Crippen LogP contribution is 2.23. The summed E-state index contributed by atoms with van der Waals surface area (Å²) in [5, 5.41) is 3.26. The van der Waals surface area contributed by atoms with Crippen molar-refractivity contribution >= 4 is 44.8 Å². The summed E-state index contributed by atoms with van der Waals surface area (Å²) in [5.41, 5.74) is 8.32. The Morgan fingerprint density at radius 3 is 2.68 bits per heavy atom. The zero-order valence-corrected chi connectivity index (χ0v) is 12.5. The molecular formula is C14H12BrClN2O. The van der Waals surface area contributed by atoms with Gasteiger partial charge >= 0.3 is 0 Å². The molecule has 3 nitrogen and oxygen atoms in total. The molecule has 0 fully saturated rings. The van der Waals surface area contributed by atoms with E-state index >= 15 is 0 Å². The minimum Gasteiger partial charge on any atom is -0.398 e. The van der Waals surface area contributed by atoms with Crippen LogP contribution in [0.5, 0.6) is 0 Å². The first kappa shape index (κ1) is 13.9. The third-order valence-electron chi connectivity index (χ3n) is 2.69. The van der Waals surface area contributed by atoms with E-state index in [1.807, 2.05) is 25.1 Å². The molecule has 0 aliphatic rings. The van der Waals surface area contributed by atoms with Gasteiger partial charge in [-0.05, 0) is 42.8 Å². The van der Waals surface area contributed by atoms with E-state index in [2.05, 4.69) is 21.2 Å². The van der Waals surface area contributed by atoms with Crippen LogP contribution in [0.3, 0.4) is 0 Å². The number of rotatable bonds is 2. The highest BCUT2D eigenvalue weighted by molar-refractivity contribution is 9.10. The van der Waals surface area contributed by atoms with Gasteiger partial charge in [0.2, 0.25) is 0 Å². The Balaban J connectivity index is 2.25. The maximum absolute atomic E-state index is 12.1. The normalized spacial score (nSPS) is 10.3. The second-order valence-electron chi connectivity index (χ2n) is 4.15. The van der Waals surface area contributed by atoms with Gasteiger partial charge in [0.05, 0.1) is 5.56 Å². The molecule has 0 aliphatic heterocycles. The molecule has 3 N–H and O–H groups in total. The Hall–Kier alpha value is -1.52. The minimum atomic E-state index is -0.282. The first-order valence-electron chi connectivity index (χ1n) is 5.60. The van der Waals surface area contributed by atoms with Crippen molar-refractivity contribution in [2.45, 2.75) is 6.92 Å².